The molecule has 1 atom stereocenters. The Labute approximate surface area is 124 Å². The third kappa shape index (κ3) is 3.14. The third-order valence-corrected chi connectivity index (χ3v) is 6.25. The Kier molecular flexibility index (Phi) is 4.90. The predicted molar refractivity (Wildman–Crippen MR) is 82.9 cm³/mol. The van der Waals surface area contributed by atoms with E-state index in [0.717, 1.165) is 30.4 Å². The minimum atomic E-state index is -3.17. The van der Waals surface area contributed by atoms with Crippen molar-refractivity contribution in [2.45, 2.75) is 37.1 Å². The fourth-order valence-corrected chi connectivity index (χ4v) is 4.87. The number of nitrogens with zero attached hydrogens (tertiary/aromatic N) is 1. The van der Waals surface area contributed by atoms with Gasteiger partial charge in [-0.25, -0.2) is 8.42 Å². The first-order valence-corrected chi connectivity index (χ1v) is 9.52. The molecule has 106 valence electrons. The van der Waals surface area contributed by atoms with Crippen LogP contribution in [0, 0.1) is 0 Å². The average molecular weight is 346 g/mol. The quantitative estimate of drug-likeness (QED) is 0.768. The average Bonchev–Trinajstić information content (AvgIpc) is 2.87. The van der Waals surface area contributed by atoms with Crippen LogP contribution in [0.15, 0.2) is 29.2 Å². The normalized spacial score (nSPS) is 19.9. The van der Waals surface area contributed by atoms with E-state index in [-0.39, 0.29) is 5.75 Å². The van der Waals surface area contributed by atoms with Crippen LogP contribution in [-0.4, -0.2) is 32.1 Å². The number of hydrogen-bond donors (Lipinski definition) is 0. The second-order valence-electron chi connectivity index (χ2n) is 4.93. The van der Waals surface area contributed by atoms with Gasteiger partial charge in [0.15, 0.2) is 9.84 Å². The highest BCUT2D eigenvalue weighted by Crippen LogP contribution is 2.32. The second-order valence-corrected chi connectivity index (χ2v) is 7.66. The summed E-state index contributed by atoms with van der Waals surface area (Å²) in [5.41, 5.74) is 0.873. The first-order valence-electron chi connectivity index (χ1n) is 6.74. The number of para-hydroxylation sites is 1. The lowest BCUT2D eigenvalue weighted by atomic mass is 10.2. The Morgan fingerprint density at radius 1 is 1.37 bits per heavy atom. The lowest BCUT2D eigenvalue weighted by Gasteiger charge is -2.27. The topological polar surface area (TPSA) is 37.4 Å². The van der Waals surface area contributed by atoms with Crippen molar-refractivity contribution >= 4 is 31.5 Å². The van der Waals surface area contributed by atoms with Crippen molar-refractivity contribution in [3.8, 4) is 0 Å². The molecule has 0 saturated carbocycles. The van der Waals surface area contributed by atoms with Crippen LogP contribution >= 0.6 is 15.9 Å². The standard InChI is InChI=1S/C14H20BrNO2S/c1-2-10-19(17,18)14-8-4-3-7-13(14)16-9-5-6-12(16)11-15/h3-4,7-8,12H,2,5-6,9-11H2,1H3. The van der Waals surface area contributed by atoms with Gasteiger partial charge in [-0.1, -0.05) is 35.0 Å². The van der Waals surface area contributed by atoms with Crippen LogP contribution in [0.2, 0.25) is 0 Å². The van der Waals surface area contributed by atoms with E-state index >= 15 is 0 Å². The van der Waals surface area contributed by atoms with E-state index in [1.165, 1.54) is 0 Å². The number of hydrogen-bond acceptors (Lipinski definition) is 3. The summed E-state index contributed by atoms with van der Waals surface area (Å²) < 4.78 is 24.7. The van der Waals surface area contributed by atoms with Crippen LogP contribution < -0.4 is 4.90 Å². The lowest BCUT2D eigenvalue weighted by Crippen LogP contribution is -2.31. The summed E-state index contributed by atoms with van der Waals surface area (Å²) in [5.74, 6) is 0.219. The van der Waals surface area contributed by atoms with Crippen LogP contribution in [-0.2, 0) is 9.84 Å². The molecule has 0 radical (unpaired) electrons. The molecule has 3 nitrogen and oxygen atoms in total. The third-order valence-electron chi connectivity index (χ3n) is 3.54. The van der Waals surface area contributed by atoms with E-state index in [4.69, 9.17) is 0 Å². The molecule has 1 aromatic carbocycles. The first kappa shape index (κ1) is 14.9. The Balaban J connectivity index is 2.42. The zero-order valence-corrected chi connectivity index (χ0v) is 13.6. The maximum absolute atomic E-state index is 12.4. The molecule has 1 aromatic rings. The van der Waals surface area contributed by atoms with Gasteiger partial charge in [-0.15, -0.1) is 0 Å². The van der Waals surface area contributed by atoms with Crippen molar-refractivity contribution in [2.75, 3.05) is 22.5 Å². The summed E-state index contributed by atoms with van der Waals surface area (Å²) >= 11 is 3.53. The molecule has 1 heterocycles. The maximum Gasteiger partial charge on any atom is 0.180 e. The van der Waals surface area contributed by atoms with E-state index in [2.05, 4.69) is 20.8 Å². The number of sulfone groups is 1. The Morgan fingerprint density at radius 3 is 2.79 bits per heavy atom. The van der Waals surface area contributed by atoms with Crippen molar-refractivity contribution < 1.29 is 8.42 Å². The van der Waals surface area contributed by atoms with Crippen LogP contribution in [0.5, 0.6) is 0 Å². The molecule has 0 spiro atoms. The van der Waals surface area contributed by atoms with E-state index in [1.807, 2.05) is 25.1 Å². The summed E-state index contributed by atoms with van der Waals surface area (Å²) in [6.45, 7) is 2.84. The van der Waals surface area contributed by atoms with Crippen LogP contribution in [0.4, 0.5) is 5.69 Å². The van der Waals surface area contributed by atoms with Crippen molar-refractivity contribution in [1.82, 2.24) is 0 Å². The fraction of sp³-hybridized carbons (Fsp3) is 0.571. The lowest BCUT2D eigenvalue weighted by molar-refractivity contribution is 0.594. The van der Waals surface area contributed by atoms with Gasteiger partial charge in [0.2, 0.25) is 0 Å². The smallest absolute Gasteiger partial charge is 0.180 e. The Hall–Kier alpha value is -0.550. The van der Waals surface area contributed by atoms with Gasteiger partial charge >= 0.3 is 0 Å². The van der Waals surface area contributed by atoms with Gasteiger partial charge in [0.05, 0.1) is 16.3 Å². The predicted octanol–water partition coefficient (Wildman–Crippen LogP) is 3.23. The summed E-state index contributed by atoms with van der Waals surface area (Å²) in [4.78, 5) is 2.72. The Bertz CT molecular complexity index is 530. The zero-order chi connectivity index (χ0) is 13.9. The summed E-state index contributed by atoms with van der Waals surface area (Å²) in [5, 5.41) is 0.884. The summed E-state index contributed by atoms with van der Waals surface area (Å²) in [6.07, 6.45) is 2.89. The van der Waals surface area contributed by atoms with Crippen molar-refractivity contribution in [3.63, 3.8) is 0 Å². The molecule has 1 aliphatic heterocycles. The number of alkyl halides is 1. The highest BCUT2D eigenvalue weighted by molar-refractivity contribution is 9.09. The molecule has 0 N–H and O–H groups in total. The second kappa shape index (κ2) is 6.27. The van der Waals surface area contributed by atoms with Crippen LogP contribution in [0.1, 0.15) is 26.2 Å². The first-order chi connectivity index (χ1) is 9.10. The highest BCUT2D eigenvalue weighted by Gasteiger charge is 2.28. The molecule has 1 fully saturated rings. The molecule has 0 aromatic heterocycles. The van der Waals surface area contributed by atoms with Gasteiger partial charge in [0.25, 0.3) is 0 Å². The van der Waals surface area contributed by atoms with Gasteiger partial charge < -0.3 is 4.90 Å². The SMILES string of the molecule is CCCS(=O)(=O)c1ccccc1N1CCCC1CBr. The molecule has 0 aliphatic carbocycles. The summed E-state index contributed by atoms with van der Waals surface area (Å²) in [7, 11) is -3.17. The largest absolute Gasteiger partial charge is 0.367 e. The monoisotopic (exact) mass is 345 g/mol. The highest BCUT2D eigenvalue weighted by atomic mass is 79.9. The fourth-order valence-electron chi connectivity index (χ4n) is 2.65. The molecule has 1 aliphatic rings. The van der Waals surface area contributed by atoms with Crippen LogP contribution in [0.3, 0.4) is 0 Å². The van der Waals surface area contributed by atoms with Gasteiger partial charge in [0.1, 0.15) is 0 Å². The molecular formula is C14H20BrNO2S. The number of benzene rings is 1. The molecule has 19 heavy (non-hydrogen) atoms. The number of anilines is 1. The molecular weight excluding hydrogens is 326 g/mol. The molecule has 1 saturated heterocycles. The minimum Gasteiger partial charge on any atom is -0.367 e. The van der Waals surface area contributed by atoms with E-state index in [1.54, 1.807) is 6.07 Å². The van der Waals surface area contributed by atoms with Crippen LogP contribution in [0.25, 0.3) is 0 Å². The van der Waals surface area contributed by atoms with Crippen molar-refractivity contribution in [3.05, 3.63) is 24.3 Å². The zero-order valence-electron chi connectivity index (χ0n) is 11.2. The molecule has 0 bridgehead atoms. The van der Waals surface area contributed by atoms with E-state index < -0.39 is 9.84 Å². The molecule has 1 unspecified atom stereocenters. The van der Waals surface area contributed by atoms with Gasteiger partial charge in [-0.3, -0.25) is 0 Å². The van der Waals surface area contributed by atoms with Crippen molar-refractivity contribution in [2.24, 2.45) is 0 Å². The van der Waals surface area contributed by atoms with Gasteiger partial charge in [0, 0.05) is 17.9 Å². The van der Waals surface area contributed by atoms with E-state index in [0.29, 0.717) is 17.4 Å². The Morgan fingerprint density at radius 2 is 2.11 bits per heavy atom. The number of rotatable bonds is 5. The maximum atomic E-state index is 12.4. The number of halogens is 1. The minimum absolute atomic E-state index is 0.219. The van der Waals surface area contributed by atoms with Gasteiger partial charge in [-0.2, -0.15) is 0 Å². The molecule has 2 rings (SSSR count). The van der Waals surface area contributed by atoms with E-state index in [9.17, 15) is 8.42 Å². The molecule has 0 amide bonds. The van der Waals surface area contributed by atoms with Gasteiger partial charge in [-0.05, 0) is 31.4 Å². The van der Waals surface area contributed by atoms with Crippen molar-refractivity contribution in [1.29, 1.82) is 0 Å². The molecule has 5 heteroatoms. The summed E-state index contributed by atoms with van der Waals surface area (Å²) in [6, 6.07) is 7.81.